The Bertz CT molecular complexity index is 533. The molecule has 0 bridgehead atoms. The molecule has 1 aromatic rings. The van der Waals surface area contributed by atoms with Crippen LogP contribution in [0.15, 0.2) is 24.3 Å². The van der Waals surface area contributed by atoms with Crippen LogP contribution in [-0.2, 0) is 4.79 Å². The zero-order valence-corrected chi connectivity index (χ0v) is 15.2. The highest BCUT2D eigenvalue weighted by Gasteiger charge is 2.13. The van der Waals surface area contributed by atoms with Crippen molar-refractivity contribution >= 4 is 11.6 Å². The van der Waals surface area contributed by atoms with Crippen LogP contribution in [0.25, 0.3) is 0 Å². The number of unbranched alkanes of at least 4 members (excludes halogenated alkanes) is 1. The molecule has 0 heterocycles. The Hall–Kier alpha value is -2.15. The highest BCUT2D eigenvalue weighted by Crippen LogP contribution is 2.25. The van der Waals surface area contributed by atoms with E-state index in [4.69, 9.17) is 4.74 Å². The van der Waals surface area contributed by atoms with Gasteiger partial charge in [0, 0.05) is 19.0 Å². The Morgan fingerprint density at radius 1 is 1.20 bits per heavy atom. The smallest absolute Gasteiger partial charge is 0.310 e. The van der Waals surface area contributed by atoms with E-state index in [1.54, 1.807) is 18.2 Å². The molecule has 1 N–H and O–H groups in total. The number of para-hydroxylation sites is 2. The summed E-state index contributed by atoms with van der Waals surface area (Å²) >= 11 is 0. The molecule has 140 valence electrons. The summed E-state index contributed by atoms with van der Waals surface area (Å²) in [6.07, 6.45) is 2.92. The second-order valence-electron chi connectivity index (χ2n) is 5.76. The number of carbonyl (C=O) groups is 1. The van der Waals surface area contributed by atoms with Crippen LogP contribution in [-0.4, -0.2) is 48.5 Å². The van der Waals surface area contributed by atoms with Crippen LogP contribution in [0, 0.1) is 10.1 Å². The van der Waals surface area contributed by atoms with Crippen molar-refractivity contribution in [3.8, 4) is 5.75 Å². The average molecular weight is 351 g/mol. The van der Waals surface area contributed by atoms with E-state index in [-0.39, 0.29) is 24.0 Å². The third-order valence-corrected chi connectivity index (χ3v) is 3.99. The first-order valence-electron chi connectivity index (χ1n) is 8.93. The molecule has 1 rings (SSSR count). The van der Waals surface area contributed by atoms with Crippen LogP contribution in [0.3, 0.4) is 0 Å². The van der Waals surface area contributed by atoms with Gasteiger partial charge in [0.2, 0.25) is 5.91 Å². The number of ether oxygens (including phenoxy) is 1. The standard InChI is InChI=1S/C18H29N3O4/c1-3-20(4-2)14-8-7-13-19-18(22)12-9-15-25-17-11-6-5-10-16(17)21(23)24/h5-6,10-11H,3-4,7-9,12-15H2,1-2H3,(H,19,22). The summed E-state index contributed by atoms with van der Waals surface area (Å²) in [5.41, 5.74) is -0.0554. The van der Waals surface area contributed by atoms with Crippen molar-refractivity contribution in [2.24, 2.45) is 0 Å². The third kappa shape index (κ3) is 8.49. The lowest BCUT2D eigenvalue weighted by Gasteiger charge is -2.17. The monoisotopic (exact) mass is 351 g/mol. The Labute approximate surface area is 149 Å². The van der Waals surface area contributed by atoms with Gasteiger partial charge in [-0.1, -0.05) is 26.0 Å². The van der Waals surface area contributed by atoms with Crippen LogP contribution in [0.1, 0.15) is 39.5 Å². The molecule has 7 nitrogen and oxygen atoms in total. The molecule has 0 saturated heterocycles. The molecule has 0 aliphatic rings. The van der Waals surface area contributed by atoms with Gasteiger partial charge in [-0.05, 0) is 45.0 Å². The van der Waals surface area contributed by atoms with Gasteiger partial charge in [-0.15, -0.1) is 0 Å². The molecule has 0 radical (unpaired) electrons. The molecule has 0 aromatic heterocycles. The van der Waals surface area contributed by atoms with E-state index in [1.807, 2.05) is 0 Å². The summed E-state index contributed by atoms with van der Waals surface area (Å²) in [6.45, 7) is 8.44. The largest absolute Gasteiger partial charge is 0.487 e. The number of carbonyl (C=O) groups excluding carboxylic acids is 1. The fourth-order valence-corrected chi connectivity index (χ4v) is 2.46. The molecule has 1 amide bonds. The fourth-order valence-electron chi connectivity index (χ4n) is 2.46. The zero-order valence-electron chi connectivity index (χ0n) is 15.2. The first-order chi connectivity index (χ1) is 12.1. The maximum absolute atomic E-state index is 11.8. The maximum atomic E-state index is 11.8. The van der Waals surface area contributed by atoms with Gasteiger partial charge in [-0.25, -0.2) is 0 Å². The molecule has 0 atom stereocenters. The highest BCUT2D eigenvalue weighted by molar-refractivity contribution is 5.75. The minimum atomic E-state index is -0.472. The second kappa shape index (κ2) is 12.2. The molecule has 0 saturated carbocycles. The van der Waals surface area contributed by atoms with E-state index in [1.165, 1.54) is 6.07 Å². The Morgan fingerprint density at radius 3 is 2.60 bits per heavy atom. The van der Waals surface area contributed by atoms with E-state index in [9.17, 15) is 14.9 Å². The van der Waals surface area contributed by atoms with Crippen LogP contribution in [0.4, 0.5) is 5.69 Å². The van der Waals surface area contributed by atoms with Crippen molar-refractivity contribution in [2.45, 2.75) is 39.5 Å². The predicted molar refractivity (Wildman–Crippen MR) is 97.9 cm³/mol. The van der Waals surface area contributed by atoms with Gasteiger partial charge >= 0.3 is 5.69 Å². The van der Waals surface area contributed by atoms with Gasteiger partial charge in [-0.3, -0.25) is 14.9 Å². The van der Waals surface area contributed by atoms with Crippen molar-refractivity contribution in [1.82, 2.24) is 10.2 Å². The van der Waals surface area contributed by atoms with Crippen molar-refractivity contribution in [2.75, 3.05) is 32.8 Å². The number of rotatable bonds is 13. The number of nitrogens with zero attached hydrogens (tertiary/aromatic N) is 2. The van der Waals surface area contributed by atoms with Gasteiger partial charge < -0.3 is 15.0 Å². The lowest BCUT2D eigenvalue weighted by molar-refractivity contribution is -0.385. The minimum Gasteiger partial charge on any atom is -0.487 e. The summed E-state index contributed by atoms with van der Waals surface area (Å²) in [5, 5.41) is 13.8. The number of nitro benzene ring substituents is 1. The summed E-state index contributed by atoms with van der Waals surface area (Å²) in [4.78, 5) is 24.5. The first-order valence-corrected chi connectivity index (χ1v) is 8.93. The third-order valence-electron chi connectivity index (χ3n) is 3.99. The number of amides is 1. The molecule has 7 heteroatoms. The normalized spacial score (nSPS) is 10.7. The van der Waals surface area contributed by atoms with Crippen molar-refractivity contribution in [3.05, 3.63) is 34.4 Å². The SMILES string of the molecule is CCN(CC)CCCCNC(=O)CCCOc1ccccc1[N+](=O)[O-]. The summed E-state index contributed by atoms with van der Waals surface area (Å²) in [6, 6.07) is 6.25. The van der Waals surface area contributed by atoms with E-state index in [0.717, 1.165) is 32.5 Å². The van der Waals surface area contributed by atoms with Crippen LogP contribution >= 0.6 is 0 Å². The Balaban J connectivity index is 2.12. The number of nitrogens with one attached hydrogen (secondary N) is 1. The number of hydrogen-bond acceptors (Lipinski definition) is 5. The topological polar surface area (TPSA) is 84.7 Å². The van der Waals surface area contributed by atoms with Gasteiger partial charge in [0.25, 0.3) is 0 Å². The van der Waals surface area contributed by atoms with Gasteiger partial charge in [0.1, 0.15) is 0 Å². The van der Waals surface area contributed by atoms with Gasteiger partial charge in [0.15, 0.2) is 5.75 Å². The molecule has 25 heavy (non-hydrogen) atoms. The summed E-state index contributed by atoms with van der Waals surface area (Å²) < 4.78 is 5.42. The highest BCUT2D eigenvalue weighted by atomic mass is 16.6. The fraction of sp³-hybridized carbons (Fsp3) is 0.611. The lowest BCUT2D eigenvalue weighted by Crippen LogP contribution is -2.27. The predicted octanol–water partition coefficient (Wildman–Crippen LogP) is 2.99. The van der Waals surface area contributed by atoms with Gasteiger partial charge in [0.05, 0.1) is 11.5 Å². The summed E-state index contributed by atoms with van der Waals surface area (Å²) in [7, 11) is 0. The molecule has 0 fully saturated rings. The van der Waals surface area contributed by atoms with E-state index >= 15 is 0 Å². The zero-order chi connectivity index (χ0) is 18.5. The molecular weight excluding hydrogens is 322 g/mol. The van der Waals surface area contributed by atoms with Gasteiger partial charge in [-0.2, -0.15) is 0 Å². The summed E-state index contributed by atoms with van der Waals surface area (Å²) in [5.74, 6) is 0.235. The van der Waals surface area contributed by atoms with E-state index in [0.29, 0.717) is 19.4 Å². The maximum Gasteiger partial charge on any atom is 0.310 e. The lowest BCUT2D eigenvalue weighted by atomic mass is 10.2. The number of nitro groups is 1. The quantitative estimate of drug-likeness (QED) is 0.335. The molecule has 0 aliphatic heterocycles. The van der Waals surface area contributed by atoms with Crippen LogP contribution < -0.4 is 10.1 Å². The number of benzene rings is 1. The van der Waals surface area contributed by atoms with Crippen LogP contribution in [0.5, 0.6) is 5.75 Å². The van der Waals surface area contributed by atoms with Crippen molar-refractivity contribution < 1.29 is 14.5 Å². The van der Waals surface area contributed by atoms with Crippen LogP contribution in [0.2, 0.25) is 0 Å². The molecular formula is C18H29N3O4. The first kappa shape index (κ1) is 20.9. The van der Waals surface area contributed by atoms with E-state index in [2.05, 4.69) is 24.1 Å². The second-order valence-corrected chi connectivity index (χ2v) is 5.76. The Kier molecular flexibility index (Phi) is 10.2. The average Bonchev–Trinajstić information content (AvgIpc) is 2.62. The van der Waals surface area contributed by atoms with E-state index < -0.39 is 4.92 Å². The van der Waals surface area contributed by atoms with Crippen molar-refractivity contribution in [1.29, 1.82) is 0 Å². The number of hydrogen-bond donors (Lipinski definition) is 1. The Morgan fingerprint density at radius 2 is 1.92 bits per heavy atom. The van der Waals surface area contributed by atoms with Crippen molar-refractivity contribution in [3.63, 3.8) is 0 Å². The molecule has 1 aromatic carbocycles. The molecule has 0 unspecified atom stereocenters. The minimum absolute atomic E-state index is 0.00556. The molecule has 0 spiro atoms. The molecule has 0 aliphatic carbocycles.